The number of amides is 1. The molecule has 0 bridgehead atoms. The van der Waals surface area contributed by atoms with E-state index in [1.54, 1.807) is 12.5 Å². The molecule has 0 saturated carbocycles. The highest BCUT2D eigenvalue weighted by molar-refractivity contribution is 5.85. The summed E-state index contributed by atoms with van der Waals surface area (Å²) in [6.45, 7) is 3.61. The number of carbonyl (C=O) groups is 1. The number of nitrogens with two attached hydrogens (primary N) is 1. The Hall–Kier alpha value is -1.72. The van der Waals surface area contributed by atoms with Crippen molar-refractivity contribution in [3.63, 3.8) is 0 Å². The Bertz CT molecular complexity index is 543. The number of benzene rings is 1. The van der Waals surface area contributed by atoms with Gasteiger partial charge in [0.2, 0.25) is 5.91 Å². The van der Waals surface area contributed by atoms with Gasteiger partial charge in [0.05, 0.1) is 12.7 Å². The van der Waals surface area contributed by atoms with Crippen LogP contribution in [0.4, 0.5) is 5.69 Å². The first-order chi connectivity index (χ1) is 9.63. The Labute approximate surface area is 143 Å². The third-order valence-electron chi connectivity index (χ3n) is 3.07. The Morgan fingerprint density at radius 1 is 1.32 bits per heavy atom. The van der Waals surface area contributed by atoms with Gasteiger partial charge in [0.25, 0.3) is 0 Å². The zero-order valence-corrected chi connectivity index (χ0v) is 14.1. The summed E-state index contributed by atoms with van der Waals surface area (Å²) in [7, 11) is 0. The van der Waals surface area contributed by atoms with Crippen LogP contribution in [-0.2, 0) is 17.8 Å². The van der Waals surface area contributed by atoms with Crippen molar-refractivity contribution < 1.29 is 4.79 Å². The van der Waals surface area contributed by atoms with Gasteiger partial charge >= 0.3 is 0 Å². The fourth-order valence-electron chi connectivity index (χ4n) is 1.99. The smallest absolute Gasteiger partial charge is 0.224 e. The quantitative estimate of drug-likeness (QED) is 0.789. The minimum Gasteiger partial charge on any atom is -0.399 e. The first-order valence-corrected chi connectivity index (χ1v) is 6.70. The number of hydrogen-bond donors (Lipinski definition) is 2. The second-order valence-corrected chi connectivity index (χ2v) is 5.09. The molecule has 0 saturated heterocycles. The molecule has 0 fully saturated rings. The van der Waals surface area contributed by atoms with Crippen molar-refractivity contribution in [3.8, 4) is 0 Å². The normalized spacial score (nSPS) is 11.0. The largest absolute Gasteiger partial charge is 0.399 e. The van der Waals surface area contributed by atoms with Gasteiger partial charge in [0, 0.05) is 31.2 Å². The van der Waals surface area contributed by atoms with Gasteiger partial charge in [0.1, 0.15) is 0 Å². The van der Waals surface area contributed by atoms with E-state index in [1.807, 2.05) is 35.0 Å². The fraction of sp³-hybridized carbons (Fsp3) is 0.333. The van der Waals surface area contributed by atoms with Crippen molar-refractivity contribution in [2.45, 2.75) is 19.9 Å². The summed E-state index contributed by atoms with van der Waals surface area (Å²) in [4.78, 5) is 15.8. The van der Waals surface area contributed by atoms with Crippen molar-refractivity contribution in [3.05, 3.63) is 48.5 Å². The van der Waals surface area contributed by atoms with Crippen LogP contribution in [0.2, 0.25) is 0 Å². The van der Waals surface area contributed by atoms with Crippen LogP contribution in [0.5, 0.6) is 0 Å². The number of imidazole rings is 1. The van der Waals surface area contributed by atoms with Gasteiger partial charge in [-0.1, -0.05) is 19.1 Å². The standard InChI is InChI=1S/C15H20N4O.2ClH/c1-12(10-19-7-6-17-11-19)9-18-15(20)8-13-2-4-14(16)5-3-13;;/h2-7,11-12H,8-10,16H2,1H3,(H,18,20);2*1H. The molecule has 1 aromatic heterocycles. The zero-order chi connectivity index (χ0) is 14.4. The molecule has 0 spiro atoms. The fourth-order valence-corrected chi connectivity index (χ4v) is 1.99. The topological polar surface area (TPSA) is 72.9 Å². The summed E-state index contributed by atoms with van der Waals surface area (Å²) in [5.41, 5.74) is 7.29. The van der Waals surface area contributed by atoms with Crippen molar-refractivity contribution in [1.29, 1.82) is 0 Å². The summed E-state index contributed by atoms with van der Waals surface area (Å²) < 4.78 is 2.01. The SMILES string of the molecule is CC(CNC(=O)Cc1ccc(N)cc1)Cn1ccnc1.Cl.Cl. The molecule has 3 N–H and O–H groups in total. The predicted octanol–water partition coefficient (Wildman–Crippen LogP) is 2.30. The summed E-state index contributed by atoms with van der Waals surface area (Å²) in [6, 6.07) is 7.38. The van der Waals surface area contributed by atoms with E-state index >= 15 is 0 Å². The average Bonchev–Trinajstić information content (AvgIpc) is 2.92. The van der Waals surface area contributed by atoms with Crippen molar-refractivity contribution >= 4 is 36.4 Å². The maximum Gasteiger partial charge on any atom is 0.224 e. The lowest BCUT2D eigenvalue weighted by Gasteiger charge is -2.13. The molecule has 0 radical (unpaired) electrons. The third-order valence-corrected chi connectivity index (χ3v) is 3.07. The van der Waals surface area contributed by atoms with Gasteiger partial charge in [-0.3, -0.25) is 4.79 Å². The highest BCUT2D eigenvalue weighted by Gasteiger charge is 2.07. The van der Waals surface area contributed by atoms with Gasteiger partial charge in [-0.2, -0.15) is 0 Å². The van der Waals surface area contributed by atoms with Crippen LogP contribution in [0.3, 0.4) is 0 Å². The monoisotopic (exact) mass is 344 g/mol. The lowest BCUT2D eigenvalue weighted by Crippen LogP contribution is -2.31. The van der Waals surface area contributed by atoms with Crippen LogP contribution in [0, 0.1) is 5.92 Å². The van der Waals surface area contributed by atoms with Gasteiger partial charge in [0.15, 0.2) is 0 Å². The summed E-state index contributed by atoms with van der Waals surface area (Å²) >= 11 is 0. The second kappa shape index (κ2) is 10.1. The zero-order valence-electron chi connectivity index (χ0n) is 12.4. The number of halogens is 2. The van der Waals surface area contributed by atoms with Gasteiger partial charge in [-0.05, 0) is 23.6 Å². The molecular formula is C15H22Cl2N4O. The van der Waals surface area contributed by atoms with E-state index < -0.39 is 0 Å². The maximum absolute atomic E-state index is 11.8. The molecule has 0 aliphatic carbocycles. The molecule has 1 heterocycles. The minimum absolute atomic E-state index is 0. The molecule has 122 valence electrons. The highest BCUT2D eigenvalue weighted by Crippen LogP contribution is 2.06. The molecule has 5 nitrogen and oxygen atoms in total. The van der Waals surface area contributed by atoms with E-state index in [4.69, 9.17) is 5.73 Å². The van der Waals surface area contributed by atoms with Crippen molar-refractivity contribution in [2.75, 3.05) is 12.3 Å². The number of nitrogens with zero attached hydrogens (tertiary/aromatic N) is 2. The number of anilines is 1. The minimum atomic E-state index is 0. The lowest BCUT2D eigenvalue weighted by atomic mass is 10.1. The molecule has 0 aliphatic heterocycles. The number of nitrogens with one attached hydrogen (secondary N) is 1. The third kappa shape index (κ3) is 6.83. The molecule has 2 rings (SSSR count). The highest BCUT2D eigenvalue weighted by atomic mass is 35.5. The summed E-state index contributed by atoms with van der Waals surface area (Å²) in [6.07, 6.45) is 5.85. The first kappa shape index (κ1) is 20.3. The van der Waals surface area contributed by atoms with E-state index in [-0.39, 0.29) is 30.7 Å². The van der Waals surface area contributed by atoms with Crippen LogP contribution in [0.25, 0.3) is 0 Å². The number of carbonyl (C=O) groups excluding carboxylic acids is 1. The van der Waals surface area contributed by atoms with E-state index in [2.05, 4.69) is 17.2 Å². The van der Waals surface area contributed by atoms with Crippen molar-refractivity contribution in [2.24, 2.45) is 5.92 Å². The number of nitrogen functional groups attached to an aromatic ring is 1. The van der Waals surface area contributed by atoms with Crippen LogP contribution < -0.4 is 11.1 Å². The molecule has 1 amide bonds. The van der Waals surface area contributed by atoms with Crippen molar-refractivity contribution in [1.82, 2.24) is 14.9 Å². The Morgan fingerprint density at radius 2 is 2.00 bits per heavy atom. The van der Waals surface area contributed by atoms with Crippen LogP contribution >= 0.6 is 24.8 Å². The number of hydrogen-bond acceptors (Lipinski definition) is 3. The maximum atomic E-state index is 11.8. The lowest BCUT2D eigenvalue weighted by molar-refractivity contribution is -0.120. The Balaban J connectivity index is 0.00000220. The van der Waals surface area contributed by atoms with Gasteiger partial charge in [-0.25, -0.2) is 4.98 Å². The molecule has 0 aliphatic rings. The van der Waals surface area contributed by atoms with Crippen LogP contribution in [0.1, 0.15) is 12.5 Å². The number of rotatable bonds is 6. The molecule has 2 aromatic rings. The first-order valence-electron chi connectivity index (χ1n) is 6.70. The predicted molar refractivity (Wildman–Crippen MR) is 93.5 cm³/mol. The second-order valence-electron chi connectivity index (χ2n) is 5.09. The van der Waals surface area contributed by atoms with Gasteiger partial charge < -0.3 is 15.6 Å². The number of aromatic nitrogens is 2. The van der Waals surface area contributed by atoms with E-state index in [1.165, 1.54) is 0 Å². The molecular weight excluding hydrogens is 323 g/mol. The Morgan fingerprint density at radius 3 is 2.59 bits per heavy atom. The molecule has 22 heavy (non-hydrogen) atoms. The van der Waals surface area contributed by atoms with E-state index in [0.29, 0.717) is 24.6 Å². The average molecular weight is 345 g/mol. The molecule has 1 unspecified atom stereocenters. The molecule has 7 heteroatoms. The van der Waals surface area contributed by atoms with Gasteiger partial charge in [-0.15, -0.1) is 24.8 Å². The summed E-state index contributed by atoms with van der Waals surface area (Å²) in [5.74, 6) is 0.395. The van der Waals surface area contributed by atoms with Crippen LogP contribution in [0.15, 0.2) is 43.0 Å². The molecule has 1 aromatic carbocycles. The molecule has 1 atom stereocenters. The summed E-state index contributed by atoms with van der Waals surface area (Å²) in [5, 5.41) is 2.95. The van der Waals surface area contributed by atoms with E-state index in [0.717, 1.165) is 12.1 Å². The van der Waals surface area contributed by atoms with E-state index in [9.17, 15) is 4.79 Å². The van der Waals surface area contributed by atoms with Crippen LogP contribution in [-0.4, -0.2) is 22.0 Å². The Kier molecular flexibility index (Phi) is 9.29.